The summed E-state index contributed by atoms with van der Waals surface area (Å²) in [7, 11) is 0. The van der Waals surface area contributed by atoms with E-state index in [1.54, 1.807) is 6.20 Å². The van der Waals surface area contributed by atoms with Crippen molar-refractivity contribution in [2.75, 3.05) is 0 Å². The van der Waals surface area contributed by atoms with Crippen LogP contribution in [0, 0.1) is 5.92 Å². The van der Waals surface area contributed by atoms with Crippen molar-refractivity contribution in [3.63, 3.8) is 0 Å². The molecule has 1 atom stereocenters. The van der Waals surface area contributed by atoms with E-state index >= 15 is 0 Å². The zero-order valence-electron chi connectivity index (χ0n) is 9.32. The SMILES string of the molecule is CCc1cn(CC(C)C(N)=S)c(=O)[nH]c1=O. The first-order valence-corrected chi connectivity index (χ1v) is 5.48. The number of rotatable bonds is 4. The van der Waals surface area contributed by atoms with Crippen LogP contribution >= 0.6 is 12.2 Å². The van der Waals surface area contributed by atoms with Gasteiger partial charge in [0.2, 0.25) is 0 Å². The van der Waals surface area contributed by atoms with Crippen molar-refractivity contribution in [3.05, 3.63) is 32.6 Å². The molecule has 88 valence electrons. The summed E-state index contributed by atoms with van der Waals surface area (Å²) in [6.07, 6.45) is 2.15. The summed E-state index contributed by atoms with van der Waals surface area (Å²) in [4.78, 5) is 25.4. The molecule has 1 heterocycles. The first-order valence-electron chi connectivity index (χ1n) is 5.07. The topological polar surface area (TPSA) is 80.9 Å². The first-order chi connectivity index (χ1) is 7.45. The summed E-state index contributed by atoms with van der Waals surface area (Å²) in [5.41, 5.74) is 5.30. The number of nitrogens with two attached hydrogens (primary N) is 1. The van der Waals surface area contributed by atoms with Crippen molar-refractivity contribution in [3.8, 4) is 0 Å². The molecule has 1 rings (SSSR count). The van der Waals surface area contributed by atoms with E-state index in [2.05, 4.69) is 4.98 Å². The number of hydrogen-bond acceptors (Lipinski definition) is 3. The zero-order chi connectivity index (χ0) is 12.3. The minimum absolute atomic E-state index is 0.0803. The summed E-state index contributed by atoms with van der Waals surface area (Å²) >= 11 is 4.84. The number of nitrogens with one attached hydrogen (secondary N) is 1. The van der Waals surface area contributed by atoms with E-state index in [9.17, 15) is 9.59 Å². The van der Waals surface area contributed by atoms with Crippen molar-refractivity contribution < 1.29 is 0 Å². The van der Waals surface area contributed by atoms with E-state index in [0.717, 1.165) is 0 Å². The Morgan fingerprint density at radius 1 is 1.62 bits per heavy atom. The molecule has 1 unspecified atom stereocenters. The molecular formula is C10H15N3O2S. The van der Waals surface area contributed by atoms with E-state index in [1.807, 2.05) is 13.8 Å². The smallest absolute Gasteiger partial charge is 0.328 e. The van der Waals surface area contributed by atoms with Gasteiger partial charge in [-0.05, 0) is 6.42 Å². The Bertz CT molecular complexity index is 504. The second-order valence-corrected chi connectivity index (χ2v) is 4.19. The molecule has 0 aliphatic rings. The van der Waals surface area contributed by atoms with Gasteiger partial charge in [-0.15, -0.1) is 0 Å². The molecule has 0 saturated carbocycles. The molecule has 6 heteroatoms. The first kappa shape index (κ1) is 12.6. The van der Waals surface area contributed by atoms with E-state index in [-0.39, 0.29) is 11.5 Å². The highest BCUT2D eigenvalue weighted by molar-refractivity contribution is 7.80. The van der Waals surface area contributed by atoms with Crippen molar-refractivity contribution in [1.29, 1.82) is 0 Å². The van der Waals surface area contributed by atoms with Gasteiger partial charge in [-0.25, -0.2) is 4.79 Å². The third-order valence-corrected chi connectivity index (χ3v) is 2.82. The van der Waals surface area contributed by atoms with Crippen LogP contribution in [0.5, 0.6) is 0 Å². The molecule has 0 aliphatic carbocycles. The predicted molar refractivity (Wildman–Crippen MR) is 66.7 cm³/mol. The molecule has 0 aliphatic heterocycles. The fourth-order valence-corrected chi connectivity index (χ4v) is 1.40. The number of nitrogens with zero attached hydrogens (tertiary/aromatic N) is 1. The average Bonchev–Trinajstić information content (AvgIpc) is 2.21. The maximum absolute atomic E-state index is 11.5. The number of aryl methyl sites for hydroxylation is 1. The molecule has 1 aromatic heterocycles. The standard InChI is InChI=1S/C10H15N3O2S/c1-3-7-5-13(4-6(2)8(11)16)10(15)12-9(7)14/h5-6H,3-4H2,1-2H3,(H2,11,16)(H,12,14,15). The van der Waals surface area contributed by atoms with Crippen LogP contribution in [0.15, 0.2) is 15.8 Å². The van der Waals surface area contributed by atoms with Crippen molar-refractivity contribution in [2.45, 2.75) is 26.8 Å². The molecule has 0 amide bonds. The third kappa shape index (κ3) is 2.79. The summed E-state index contributed by atoms with van der Waals surface area (Å²) in [5, 5.41) is 0. The molecular weight excluding hydrogens is 226 g/mol. The molecule has 3 N–H and O–H groups in total. The van der Waals surface area contributed by atoms with Gasteiger partial charge in [0.15, 0.2) is 0 Å². The maximum atomic E-state index is 11.5. The van der Waals surface area contributed by atoms with Crippen LogP contribution in [0.25, 0.3) is 0 Å². The van der Waals surface area contributed by atoms with Crippen LogP contribution in [0.2, 0.25) is 0 Å². The fourth-order valence-electron chi connectivity index (χ4n) is 1.33. The maximum Gasteiger partial charge on any atom is 0.328 e. The van der Waals surface area contributed by atoms with Gasteiger partial charge in [0.05, 0.1) is 4.99 Å². The van der Waals surface area contributed by atoms with Gasteiger partial charge in [0.1, 0.15) is 0 Å². The summed E-state index contributed by atoms with van der Waals surface area (Å²) in [6, 6.07) is 0. The lowest BCUT2D eigenvalue weighted by Gasteiger charge is -2.12. The molecule has 0 bridgehead atoms. The van der Waals surface area contributed by atoms with Crippen LogP contribution in [0.3, 0.4) is 0 Å². The van der Waals surface area contributed by atoms with Gasteiger partial charge in [-0.1, -0.05) is 26.1 Å². The van der Waals surface area contributed by atoms with Gasteiger partial charge in [0.25, 0.3) is 5.56 Å². The average molecular weight is 241 g/mol. The Hall–Kier alpha value is -1.43. The summed E-state index contributed by atoms with van der Waals surface area (Å²) in [5.74, 6) is -0.0803. The Morgan fingerprint density at radius 2 is 2.25 bits per heavy atom. The monoisotopic (exact) mass is 241 g/mol. The Morgan fingerprint density at radius 3 is 2.75 bits per heavy atom. The largest absolute Gasteiger partial charge is 0.393 e. The lowest BCUT2D eigenvalue weighted by Crippen LogP contribution is -2.35. The van der Waals surface area contributed by atoms with E-state index in [1.165, 1.54) is 4.57 Å². The molecule has 5 nitrogen and oxygen atoms in total. The molecule has 0 spiro atoms. The van der Waals surface area contributed by atoms with E-state index in [4.69, 9.17) is 18.0 Å². The van der Waals surface area contributed by atoms with Crippen LogP contribution in [0.1, 0.15) is 19.4 Å². The Kier molecular flexibility index (Phi) is 4.00. The Labute approximate surface area is 98.3 Å². The minimum atomic E-state index is -0.426. The molecule has 1 aromatic rings. The zero-order valence-corrected chi connectivity index (χ0v) is 10.1. The van der Waals surface area contributed by atoms with E-state index < -0.39 is 5.69 Å². The van der Waals surface area contributed by atoms with Gasteiger partial charge >= 0.3 is 5.69 Å². The van der Waals surface area contributed by atoms with Crippen LogP contribution in [0.4, 0.5) is 0 Å². The lowest BCUT2D eigenvalue weighted by atomic mass is 10.2. The molecule has 16 heavy (non-hydrogen) atoms. The lowest BCUT2D eigenvalue weighted by molar-refractivity contribution is 0.563. The highest BCUT2D eigenvalue weighted by Gasteiger charge is 2.09. The number of aromatic amines is 1. The number of hydrogen-bond donors (Lipinski definition) is 2. The van der Waals surface area contributed by atoms with Gasteiger partial charge in [-0.2, -0.15) is 0 Å². The minimum Gasteiger partial charge on any atom is -0.393 e. The number of H-pyrrole nitrogens is 1. The summed E-state index contributed by atoms with van der Waals surface area (Å²) < 4.78 is 1.43. The number of thiocarbonyl (C=S) groups is 1. The highest BCUT2D eigenvalue weighted by Crippen LogP contribution is 1.99. The van der Waals surface area contributed by atoms with Crippen molar-refractivity contribution >= 4 is 17.2 Å². The predicted octanol–water partition coefficient (Wildman–Crippen LogP) is 0.0212. The number of aromatic nitrogens is 2. The highest BCUT2D eigenvalue weighted by atomic mass is 32.1. The normalized spacial score (nSPS) is 12.4. The van der Waals surface area contributed by atoms with Gasteiger partial charge in [-0.3, -0.25) is 14.3 Å². The Balaban J connectivity index is 3.10. The van der Waals surface area contributed by atoms with Gasteiger partial charge in [0, 0.05) is 24.2 Å². The molecule has 0 saturated heterocycles. The van der Waals surface area contributed by atoms with Crippen LogP contribution in [-0.4, -0.2) is 14.5 Å². The third-order valence-electron chi connectivity index (χ3n) is 2.42. The fraction of sp³-hybridized carbons (Fsp3) is 0.500. The van der Waals surface area contributed by atoms with Crippen molar-refractivity contribution in [2.24, 2.45) is 11.7 Å². The molecule has 0 radical (unpaired) electrons. The van der Waals surface area contributed by atoms with E-state index in [0.29, 0.717) is 23.5 Å². The van der Waals surface area contributed by atoms with Gasteiger partial charge < -0.3 is 5.73 Å². The second kappa shape index (κ2) is 5.07. The summed E-state index contributed by atoms with van der Waals surface area (Å²) in [6.45, 7) is 4.08. The quantitative estimate of drug-likeness (QED) is 0.728. The second-order valence-electron chi connectivity index (χ2n) is 3.72. The van der Waals surface area contributed by atoms with Crippen LogP contribution < -0.4 is 17.0 Å². The van der Waals surface area contributed by atoms with Crippen LogP contribution in [-0.2, 0) is 13.0 Å². The molecule has 0 fully saturated rings. The molecule has 0 aromatic carbocycles. The van der Waals surface area contributed by atoms with Crippen molar-refractivity contribution in [1.82, 2.24) is 9.55 Å².